The molecule has 0 aliphatic rings. The molecule has 5 nitrogen and oxygen atoms in total. The summed E-state index contributed by atoms with van der Waals surface area (Å²) in [6.45, 7) is 12.9. The predicted molar refractivity (Wildman–Crippen MR) is 100 cm³/mol. The van der Waals surface area contributed by atoms with Gasteiger partial charge in [-0.2, -0.15) is 0 Å². The highest BCUT2D eigenvalue weighted by molar-refractivity contribution is 7.99. The first-order valence-corrected chi connectivity index (χ1v) is 12.0. The summed E-state index contributed by atoms with van der Waals surface area (Å²) in [6.07, 6.45) is 5.41. The van der Waals surface area contributed by atoms with E-state index in [9.17, 15) is 4.39 Å². The first-order valence-electron chi connectivity index (χ1n) is 8.19. The average Bonchev–Trinajstić information content (AvgIpc) is 2.53. The van der Waals surface area contributed by atoms with Crippen molar-refractivity contribution in [2.24, 2.45) is 0 Å². The molecule has 2 unspecified atom stereocenters. The van der Waals surface area contributed by atoms with Crippen molar-refractivity contribution in [1.82, 2.24) is 19.9 Å². The van der Waals surface area contributed by atoms with E-state index in [1.54, 1.807) is 18.5 Å². The normalized spacial score (nSPS) is 15.0. The standard InChI is InChI=1S/C17H25FN4OSSi/c1-12(24-16-19-8-7-9-20-16)14(15-21-10-13(18)11-22-15)23-25(5,6)17(2,3)4/h7-12,14H,1-6H3. The monoisotopic (exact) mass is 380 g/mol. The molecule has 25 heavy (non-hydrogen) atoms. The van der Waals surface area contributed by atoms with Crippen LogP contribution in [0.4, 0.5) is 4.39 Å². The van der Waals surface area contributed by atoms with Crippen LogP contribution in [-0.4, -0.2) is 33.5 Å². The lowest BCUT2D eigenvalue weighted by atomic mass is 10.2. The summed E-state index contributed by atoms with van der Waals surface area (Å²) in [4.78, 5) is 16.9. The topological polar surface area (TPSA) is 60.8 Å². The van der Waals surface area contributed by atoms with Crippen molar-refractivity contribution in [3.05, 3.63) is 42.5 Å². The minimum absolute atomic E-state index is 0.0259. The molecule has 136 valence electrons. The molecule has 8 heteroatoms. The van der Waals surface area contributed by atoms with Crippen molar-refractivity contribution in [3.63, 3.8) is 0 Å². The Bertz CT molecular complexity index is 679. The molecule has 2 aromatic heterocycles. The Labute approximate surface area is 154 Å². The SMILES string of the molecule is CC(Sc1ncccn1)C(O[Si](C)(C)C(C)(C)C)c1ncc(F)cn1. The summed E-state index contributed by atoms with van der Waals surface area (Å²) in [6, 6.07) is 1.78. The average molecular weight is 381 g/mol. The summed E-state index contributed by atoms with van der Waals surface area (Å²) in [5.41, 5.74) is 0. The lowest BCUT2D eigenvalue weighted by molar-refractivity contribution is 0.175. The van der Waals surface area contributed by atoms with Gasteiger partial charge in [-0.1, -0.05) is 32.5 Å². The fourth-order valence-electron chi connectivity index (χ4n) is 1.90. The van der Waals surface area contributed by atoms with Gasteiger partial charge in [0.15, 0.2) is 25.1 Å². The molecule has 0 aliphatic heterocycles. The van der Waals surface area contributed by atoms with Crippen LogP contribution in [-0.2, 0) is 4.43 Å². The Morgan fingerprint density at radius 1 is 1.08 bits per heavy atom. The highest BCUT2D eigenvalue weighted by Crippen LogP contribution is 2.42. The van der Waals surface area contributed by atoms with E-state index in [0.29, 0.717) is 11.0 Å². The molecule has 0 N–H and O–H groups in total. The van der Waals surface area contributed by atoms with E-state index in [0.717, 1.165) is 0 Å². The number of nitrogens with zero attached hydrogens (tertiary/aromatic N) is 4. The van der Waals surface area contributed by atoms with Crippen molar-refractivity contribution in [2.75, 3.05) is 0 Å². The summed E-state index contributed by atoms with van der Waals surface area (Å²) < 4.78 is 19.8. The molecular formula is C17H25FN4OSSi. The van der Waals surface area contributed by atoms with Gasteiger partial charge in [-0.05, 0) is 31.1 Å². The number of halogens is 1. The number of thioether (sulfide) groups is 1. The van der Waals surface area contributed by atoms with Gasteiger partial charge in [-0.25, -0.2) is 24.3 Å². The van der Waals surface area contributed by atoms with Gasteiger partial charge in [0.1, 0.15) is 6.10 Å². The Kier molecular flexibility index (Phi) is 6.29. The van der Waals surface area contributed by atoms with Crippen LogP contribution in [0.3, 0.4) is 0 Å². The van der Waals surface area contributed by atoms with Crippen LogP contribution in [0.2, 0.25) is 18.1 Å². The van der Waals surface area contributed by atoms with Gasteiger partial charge in [-0.15, -0.1) is 0 Å². The summed E-state index contributed by atoms with van der Waals surface area (Å²) in [5, 5.41) is 0.682. The summed E-state index contributed by atoms with van der Waals surface area (Å²) in [7, 11) is -2.07. The molecular weight excluding hydrogens is 355 g/mol. The second-order valence-corrected chi connectivity index (χ2v) is 13.5. The Morgan fingerprint density at radius 3 is 2.16 bits per heavy atom. The molecule has 0 aromatic carbocycles. The van der Waals surface area contributed by atoms with Crippen molar-refractivity contribution in [1.29, 1.82) is 0 Å². The van der Waals surface area contributed by atoms with Gasteiger partial charge in [0.05, 0.1) is 12.4 Å². The number of aromatic nitrogens is 4. The minimum Gasteiger partial charge on any atom is -0.406 e. The van der Waals surface area contributed by atoms with Crippen molar-refractivity contribution in [2.45, 2.75) is 62.3 Å². The van der Waals surface area contributed by atoms with E-state index in [4.69, 9.17) is 4.43 Å². The minimum atomic E-state index is -2.07. The van der Waals surface area contributed by atoms with Gasteiger partial charge in [0.25, 0.3) is 0 Å². The van der Waals surface area contributed by atoms with Crippen LogP contribution >= 0.6 is 11.8 Å². The highest BCUT2D eigenvalue weighted by Gasteiger charge is 2.41. The van der Waals surface area contributed by atoms with E-state index in [1.165, 1.54) is 24.2 Å². The number of hydrogen-bond donors (Lipinski definition) is 0. The van der Waals surface area contributed by atoms with Gasteiger partial charge in [0, 0.05) is 17.6 Å². The molecule has 2 aromatic rings. The van der Waals surface area contributed by atoms with Crippen molar-refractivity contribution >= 4 is 20.1 Å². The number of rotatable bonds is 6. The Morgan fingerprint density at radius 2 is 1.64 bits per heavy atom. The lowest BCUT2D eigenvalue weighted by Gasteiger charge is -2.40. The van der Waals surface area contributed by atoms with Gasteiger partial charge in [0.2, 0.25) is 0 Å². The highest BCUT2D eigenvalue weighted by atomic mass is 32.2. The van der Waals surface area contributed by atoms with Crippen LogP contribution < -0.4 is 0 Å². The molecule has 2 atom stereocenters. The van der Waals surface area contributed by atoms with Gasteiger partial charge in [-0.3, -0.25) is 0 Å². The van der Waals surface area contributed by atoms with Gasteiger partial charge >= 0.3 is 0 Å². The fourth-order valence-corrected chi connectivity index (χ4v) is 4.17. The second-order valence-electron chi connectivity index (χ2n) is 7.41. The zero-order valence-corrected chi connectivity index (χ0v) is 17.3. The fraction of sp³-hybridized carbons (Fsp3) is 0.529. The molecule has 0 saturated carbocycles. The van der Waals surface area contributed by atoms with E-state index in [2.05, 4.69) is 53.8 Å². The molecule has 2 heterocycles. The maximum absolute atomic E-state index is 13.2. The van der Waals surface area contributed by atoms with Crippen LogP contribution in [0, 0.1) is 5.82 Å². The van der Waals surface area contributed by atoms with Crippen LogP contribution in [0.15, 0.2) is 36.0 Å². The quantitative estimate of drug-likeness (QED) is 0.413. The van der Waals surface area contributed by atoms with E-state index < -0.39 is 14.1 Å². The molecule has 0 saturated heterocycles. The second kappa shape index (κ2) is 7.88. The third-order valence-corrected chi connectivity index (χ3v) is 9.88. The van der Waals surface area contributed by atoms with Gasteiger partial charge < -0.3 is 4.43 Å². The molecule has 0 radical (unpaired) electrons. The zero-order valence-electron chi connectivity index (χ0n) is 15.5. The third-order valence-electron chi connectivity index (χ3n) is 4.38. The molecule has 0 fully saturated rings. The number of hydrogen-bond acceptors (Lipinski definition) is 6. The summed E-state index contributed by atoms with van der Waals surface area (Å²) in [5.74, 6) is 0.0312. The van der Waals surface area contributed by atoms with Crippen LogP contribution in [0.5, 0.6) is 0 Å². The van der Waals surface area contributed by atoms with Crippen molar-refractivity contribution < 1.29 is 8.82 Å². The molecule has 2 rings (SSSR count). The van der Waals surface area contributed by atoms with E-state index >= 15 is 0 Å². The van der Waals surface area contributed by atoms with Crippen LogP contribution in [0.25, 0.3) is 0 Å². The van der Waals surface area contributed by atoms with Crippen molar-refractivity contribution in [3.8, 4) is 0 Å². The molecule has 0 amide bonds. The van der Waals surface area contributed by atoms with Crippen LogP contribution in [0.1, 0.15) is 39.6 Å². The maximum Gasteiger partial charge on any atom is 0.193 e. The zero-order chi connectivity index (χ0) is 18.7. The lowest BCUT2D eigenvalue weighted by Crippen LogP contribution is -2.43. The largest absolute Gasteiger partial charge is 0.406 e. The predicted octanol–water partition coefficient (Wildman–Crippen LogP) is 4.65. The first kappa shape index (κ1) is 19.9. The Hall–Kier alpha value is -1.38. The first-order chi connectivity index (χ1) is 11.6. The maximum atomic E-state index is 13.2. The third kappa shape index (κ3) is 5.29. The van der Waals surface area contributed by atoms with E-state index in [-0.39, 0.29) is 16.4 Å². The van der Waals surface area contributed by atoms with E-state index in [1.807, 2.05) is 6.92 Å². The summed E-state index contributed by atoms with van der Waals surface area (Å²) >= 11 is 1.50. The smallest absolute Gasteiger partial charge is 0.193 e. The molecule has 0 aliphatic carbocycles. The molecule has 0 spiro atoms. The molecule has 0 bridgehead atoms. The Balaban J connectivity index is 2.30.